The Labute approximate surface area is 99.0 Å². The van der Waals surface area contributed by atoms with Crippen LogP contribution in [-0.2, 0) is 0 Å². The van der Waals surface area contributed by atoms with Gasteiger partial charge in [0.2, 0.25) is 0 Å². The van der Waals surface area contributed by atoms with Crippen LogP contribution < -0.4 is 10.6 Å². The van der Waals surface area contributed by atoms with Crippen molar-refractivity contribution >= 4 is 5.82 Å². The smallest absolute Gasteiger partial charge is 0.168 e. The molecule has 0 radical (unpaired) electrons. The minimum Gasteiger partial charge on any atom is -0.347 e. The van der Waals surface area contributed by atoms with Crippen LogP contribution in [0.3, 0.4) is 0 Å². The summed E-state index contributed by atoms with van der Waals surface area (Å²) in [6.45, 7) is 2.64. The lowest BCUT2D eigenvalue weighted by Crippen LogP contribution is -2.55. The SMILES string of the molecule is CN1CCN(c2ncc(F)cc2F)C(CN)C1. The maximum atomic E-state index is 13.6. The highest BCUT2D eigenvalue weighted by Crippen LogP contribution is 2.21. The molecule has 1 aliphatic heterocycles. The number of nitrogens with zero attached hydrogens (tertiary/aromatic N) is 3. The van der Waals surface area contributed by atoms with Crippen LogP contribution in [0, 0.1) is 11.6 Å². The van der Waals surface area contributed by atoms with E-state index in [9.17, 15) is 8.78 Å². The minimum atomic E-state index is -0.662. The first kappa shape index (κ1) is 12.2. The lowest BCUT2D eigenvalue weighted by atomic mass is 10.1. The molecule has 0 amide bonds. The molecule has 1 saturated heterocycles. The number of nitrogens with two attached hydrogens (primary N) is 1. The van der Waals surface area contributed by atoms with Gasteiger partial charge in [0.05, 0.1) is 12.2 Å². The summed E-state index contributed by atoms with van der Waals surface area (Å²) in [5.74, 6) is -1.10. The van der Waals surface area contributed by atoms with E-state index in [2.05, 4.69) is 9.88 Å². The van der Waals surface area contributed by atoms with Crippen LogP contribution in [0.2, 0.25) is 0 Å². The molecule has 1 fully saturated rings. The van der Waals surface area contributed by atoms with E-state index in [1.807, 2.05) is 11.9 Å². The van der Waals surface area contributed by atoms with Crippen LogP contribution in [0.1, 0.15) is 0 Å². The van der Waals surface area contributed by atoms with Crippen molar-refractivity contribution in [2.45, 2.75) is 6.04 Å². The van der Waals surface area contributed by atoms with Crippen molar-refractivity contribution in [1.29, 1.82) is 0 Å². The fourth-order valence-corrected chi connectivity index (χ4v) is 2.11. The average molecular weight is 242 g/mol. The molecule has 1 aromatic heterocycles. The number of halogens is 2. The van der Waals surface area contributed by atoms with E-state index in [4.69, 9.17) is 5.73 Å². The number of likely N-dealkylation sites (N-methyl/N-ethyl adjacent to an activating group) is 1. The van der Waals surface area contributed by atoms with E-state index in [-0.39, 0.29) is 11.9 Å². The van der Waals surface area contributed by atoms with Crippen LogP contribution in [-0.4, -0.2) is 49.2 Å². The summed E-state index contributed by atoms with van der Waals surface area (Å²) in [6, 6.07) is 0.870. The summed E-state index contributed by atoms with van der Waals surface area (Å²) in [7, 11) is 1.99. The van der Waals surface area contributed by atoms with Crippen LogP contribution in [0.15, 0.2) is 12.3 Å². The van der Waals surface area contributed by atoms with Crippen molar-refractivity contribution in [2.75, 3.05) is 38.1 Å². The van der Waals surface area contributed by atoms with E-state index < -0.39 is 11.6 Å². The molecule has 94 valence electrons. The summed E-state index contributed by atoms with van der Waals surface area (Å²) < 4.78 is 26.4. The molecule has 17 heavy (non-hydrogen) atoms. The summed E-state index contributed by atoms with van der Waals surface area (Å²) in [4.78, 5) is 7.78. The van der Waals surface area contributed by atoms with Gasteiger partial charge in [0, 0.05) is 32.2 Å². The molecular formula is C11H16F2N4. The standard InChI is InChI=1S/C11H16F2N4/c1-16-2-3-17(9(5-14)7-16)11-10(13)4-8(12)6-15-11/h4,6,9H,2-3,5,7,14H2,1H3. The molecular weight excluding hydrogens is 226 g/mol. The highest BCUT2D eigenvalue weighted by molar-refractivity contribution is 5.42. The monoisotopic (exact) mass is 242 g/mol. The van der Waals surface area contributed by atoms with Crippen LogP contribution in [0.4, 0.5) is 14.6 Å². The Bertz CT molecular complexity index is 399. The summed E-state index contributed by atoms with van der Waals surface area (Å²) in [5.41, 5.74) is 5.68. The molecule has 1 aliphatic rings. The Kier molecular flexibility index (Phi) is 3.54. The van der Waals surface area contributed by atoms with Gasteiger partial charge in [-0.2, -0.15) is 0 Å². The third kappa shape index (κ3) is 2.53. The first-order valence-electron chi connectivity index (χ1n) is 5.58. The van der Waals surface area contributed by atoms with Gasteiger partial charge in [-0.25, -0.2) is 13.8 Å². The first-order chi connectivity index (χ1) is 8.11. The fourth-order valence-electron chi connectivity index (χ4n) is 2.11. The van der Waals surface area contributed by atoms with Gasteiger partial charge in [-0.15, -0.1) is 0 Å². The van der Waals surface area contributed by atoms with E-state index in [1.54, 1.807) is 0 Å². The van der Waals surface area contributed by atoms with Crippen molar-refractivity contribution < 1.29 is 8.78 Å². The predicted molar refractivity (Wildman–Crippen MR) is 61.8 cm³/mol. The van der Waals surface area contributed by atoms with Gasteiger partial charge in [0.25, 0.3) is 0 Å². The summed E-state index contributed by atoms with van der Waals surface area (Å²) in [5, 5.41) is 0. The van der Waals surface area contributed by atoms with Gasteiger partial charge in [-0.1, -0.05) is 0 Å². The topological polar surface area (TPSA) is 45.4 Å². The lowest BCUT2D eigenvalue weighted by molar-refractivity contribution is 0.267. The highest BCUT2D eigenvalue weighted by atomic mass is 19.1. The second-order valence-corrected chi connectivity index (χ2v) is 4.30. The lowest BCUT2D eigenvalue weighted by Gasteiger charge is -2.40. The largest absolute Gasteiger partial charge is 0.347 e. The fraction of sp³-hybridized carbons (Fsp3) is 0.545. The zero-order chi connectivity index (χ0) is 12.4. The number of pyridine rings is 1. The Balaban J connectivity index is 2.25. The van der Waals surface area contributed by atoms with Crippen LogP contribution in [0.5, 0.6) is 0 Å². The van der Waals surface area contributed by atoms with Crippen molar-refractivity contribution in [3.05, 3.63) is 23.9 Å². The molecule has 1 aromatic rings. The average Bonchev–Trinajstić information content (AvgIpc) is 2.30. The summed E-state index contributed by atoms with van der Waals surface area (Å²) in [6.07, 6.45) is 1.03. The van der Waals surface area contributed by atoms with Gasteiger partial charge in [0.15, 0.2) is 11.6 Å². The van der Waals surface area contributed by atoms with Gasteiger partial charge >= 0.3 is 0 Å². The highest BCUT2D eigenvalue weighted by Gasteiger charge is 2.27. The maximum absolute atomic E-state index is 13.6. The molecule has 1 atom stereocenters. The zero-order valence-electron chi connectivity index (χ0n) is 9.74. The van der Waals surface area contributed by atoms with Crippen LogP contribution >= 0.6 is 0 Å². The molecule has 0 spiro atoms. The number of rotatable bonds is 2. The minimum absolute atomic E-state index is 0.0150. The molecule has 2 heterocycles. The van der Waals surface area contributed by atoms with Crippen LogP contribution in [0.25, 0.3) is 0 Å². The molecule has 0 aromatic carbocycles. The Morgan fingerprint density at radius 3 is 2.88 bits per heavy atom. The van der Waals surface area contributed by atoms with Crippen molar-refractivity contribution in [2.24, 2.45) is 5.73 Å². The van der Waals surface area contributed by atoms with Gasteiger partial charge in [0.1, 0.15) is 5.82 Å². The molecule has 2 rings (SSSR count). The van der Waals surface area contributed by atoms with E-state index in [0.717, 1.165) is 25.4 Å². The Hall–Kier alpha value is -1.27. The molecule has 0 saturated carbocycles. The second kappa shape index (κ2) is 4.93. The number of hydrogen-bond donors (Lipinski definition) is 1. The van der Waals surface area contributed by atoms with E-state index >= 15 is 0 Å². The van der Waals surface area contributed by atoms with Crippen molar-refractivity contribution in [3.63, 3.8) is 0 Å². The number of anilines is 1. The second-order valence-electron chi connectivity index (χ2n) is 4.30. The van der Waals surface area contributed by atoms with E-state index in [0.29, 0.717) is 13.1 Å². The zero-order valence-corrected chi connectivity index (χ0v) is 9.74. The molecule has 1 unspecified atom stereocenters. The molecule has 0 bridgehead atoms. The first-order valence-corrected chi connectivity index (χ1v) is 5.58. The molecule has 0 aliphatic carbocycles. The molecule has 6 heteroatoms. The van der Waals surface area contributed by atoms with Crippen molar-refractivity contribution in [1.82, 2.24) is 9.88 Å². The third-order valence-electron chi connectivity index (χ3n) is 3.02. The van der Waals surface area contributed by atoms with Crippen molar-refractivity contribution in [3.8, 4) is 0 Å². The normalized spacial score (nSPS) is 21.9. The molecule has 4 nitrogen and oxygen atoms in total. The van der Waals surface area contributed by atoms with Gasteiger partial charge in [-0.3, -0.25) is 0 Å². The Morgan fingerprint density at radius 2 is 2.24 bits per heavy atom. The summed E-state index contributed by atoms with van der Waals surface area (Å²) >= 11 is 0. The Morgan fingerprint density at radius 1 is 1.47 bits per heavy atom. The van der Waals surface area contributed by atoms with Gasteiger partial charge in [-0.05, 0) is 7.05 Å². The third-order valence-corrected chi connectivity index (χ3v) is 3.02. The number of piperazine rings is 1. The van der Waals surface area contributed by atoms with E-state index in [1.165, 1.54) is 0 Å². The maximum Gasteiger partial charge on any atom is 0.168 e. The number of aromatic nitrogens is 1. The number of hydrogen-bond acceptors (Lipinski definition) is 4. The van der Waals surface area contributed by atoms with Gasteiger partial charge < -0.3 is 15.5 Å². The molecule has 2 N–H and O–H groups in total. The quantitative estimate of drug-likeness (QED) is 0.817. The predicted octanol–water partition coefficient (Wildman–Crippen LogP) is 0.439.